The summed E-state index contributed by atoms with van der Waals surface area (Å²) >= 11 is 0. The number of aliphatic hydroxyl groups is 2. The molecule has 0 unspecified atom stereocenters. The number of unbranched alkanes of at least 4 members (excludes halogenated alkanes) is 3. The highest BCUT2D eigenvalue weighted by Crippen LogP contribution is 2.50. The van der Waals surface area contributed by atoms with Gasteiger partial charge in [0.25, 0.3) is 0 Å². The molecular weight excluding hydrogens is 316 g/mol. The molecule has 0 heterocycles. The smallest absolute Gasteiger partial charge is 0.303 e. The fraction of sp³-hybridized carbons (Fsp3) is 0.762. The molecule has 0 amide bonds. The molecule has 0 aromatic rings. The van der Waals surface area contributed by atoms with Gasteiger partial charge in [-0.15, -0.1) is 0 Å². The van der Waals surface area contributed by atoms with Crippen molar-refractivity contribution in [3.63, 3.8) is 0 Å². The van der Waals surface area contributed by atoms with Crippen LogP contribution in [0.3, 0.4) is 0 Å². The van der Waals surface area contributed by atoms with Gasteiger partial charge in [-0.1, -0.05) is 50.0 Å². The lowest BCUT2D eigenvalue weighted by atomic mass is 9.90. The number of carboxylic acid groups (broad SMARTS) is 1. The number of allylic oxidation sites excluding steroid dienone is 2. The summed E-state index contributed by atoms with van der Waals surface area (Å²) in [5.74, 6) is 0.427. The molecule has 0 radical (unpaired) electrons. The molecule has 0 aromatic heterocycles. The van der Waals surface area contributed by atoms with Crippen LogP contribution in [0, 0.1) is 17.8 Å². The molecular formula is C21H34O4. The van der Waals surface area contributed by atoms with Gasteiger partial charge in [-0.3, -0.25) is 4.79 Å². The van der Waals surface area contributed by atoms with Crippen molar-refractivity contribution in [1.82, 2.24) is 0 Å². The van der Waals surface area contributed by atoms with Gasteiger partial charge in [0, 0.05) is 12.3 Å². The van der Waals surface area contributed by atoms with Crippen molar-refractivity contribution in [1.29, 1.82) is 0 Å². The minimum atomic E-state index is -0.729. The van der Waals surface area contributed by atoms with Crippen molar-refractivity contribution in [2.75, 3.05) is 0 Å². The van der Waals surface area contributed by atoms with Gasteiger partial charge in [0.2, 0.25) is 0 Å². The van der Waals surface area contributed by atoms with E-state index >= 15 is 0 Å². The monoisotopic (exact) mass is 350 g/mol. The van der Waals surface area contributed by atoms with Crippen LogP contribution in [0.5, 0.6) is 0 Å². The largest absolute Gasteiger partial charge is 0.481 e. The normalized spacial score (nSPS) is 31.7. The molecule has 2 saturated carbocycles. The van der Waals surface area contributed by atoms with Gasteiger partial charge in [-0.2, -0.15) is 0 Å². The van der Waals surface area contributed by atoms with E-state index in [9.17, 15) is 15.0 Å². The molecule has 142 valence electrons. The van der Waals surface area contributed by atoms with Crippen molar-refractivity contribution in [3.8, 4) is 0 Å². The molecule has 0 saturated heterocycles. The molecule has 0 aliphatic heterocycles. The fourth-order valence-corrected chi connectivity index (χ4v) is 4.46. The Hall–Kier alpha value is -1.13. The SMILES string of the molecule is CCCCC[C@H](O)/C=C/[C@H]1[C@H]2C/C(=C\CCCC(=O)O)C[C@H]2C[C@H]1O. The maximum absolute atomic E-state index is 10.6. The second-order valence-corrected chi connectivity index (χ2v) is 7.81. The molecule has 4 heteroatoms. The number of hydrogen-bond donors (Lipinski definition) is 3. The van der Waals surface area contributed by atoms with Crippen LogP contribution in [0.1, 0.15) is 71.1 Å². The number of aliphatic hydroxyl groups excluding tert-OH is 2. The van der Waals surface area contributed by atoms with Crippen molar-refractivity contribution >= 4 is 5.97 Å². The number of rotatable bonds is 10. The molecule has 3 N–H and O–H groups in total. The topological polar surface area (TPSA) is 77.8 Å². The first kappa shape index (κ1) is 20.2. The second-order valence-electron chi connectivity index (χ2n) is 7.81. The second kappa shape index (κ2) is 10.1. The number of hydrogen-bond acceptors (Lipinski definition) is 3. The Labute approximate surface area is 151 Å². The molecule has 0 spiro atoms. The number of carbonyl (C=O) groups is 1. The van der Waals surface area contributed by atoms with Gasteiger partial charge < -0.3 is 15.3 Å². The molecule has 2 rings (SSSR count). The van der Waals surface area contributed by atoms with E-state index in [1.54, 1.807) is 0 Å². The summed E-state index contributed by atoms with van der Waals surface area (Å²) in [4.78, 5) is 10.6. The van der Waals surface area contributed by atoms with Gasteiger partial charge in [-0.25, -0.2) is 0 Å². The van der Waals surface area contributed by atoms with Crippen molar-refractivity contribution in [3.05, 3.63) is 23.8 Å². The van der Waals surface area contributed by atoms with Crippen LogP contribution in [0.25, 0.3) is 0 Å². The van der Waals surface area contributed by atoms with Crippen molar-refractivity contribution < 1.29 is 20.1 Å². The van der Waals surface area contributed by atoms with Crippen LogP contribution >= 0.6 is 0 Å². The first-order valence-electron chi connectivity index (χ1n) is 9.95. The lowest BCUT2D eigenvalue weighted by molar-refractivity contribution is -0.137. The number of carboxylic acids is 1. The predicted octanol–water partition coefficient (Wildman–Crippen LogP) is 4.07. The van der Waals surface area contributed by atoms with Gasteiger partial charge in [-0.05, 0) is 50.4 Å². The van der Waals surface area contributed by atoms with Gasteiger partial charge in [0.05, 0.1) is 12.2 Å². The van der Waals surface area contributed by atoms with Crippen LogP contribution in [-0.4, -0.2) is 33.5 Å². The van der Waals surface area contributed by atoms with Crippen LogP contribution in [0.2, 0.25) is 0 Å². The van der Waals surface area contributed by atoms with Crippen molar-refractivity contribution in [2.45, 2.75) is 83.3 Å². The highest BCUT2D eigenvalue weighted by molar-refractivity contribution is 5.66. The average Bonchev–Trinajstić information content (AvgIpc) is 3.06. The first-order chi connectivity index (χ1) is 12.0. The van der Waals surface area contributed by atoms with E-state index in [0.29, 0.717) is 18.3 Å². The molecule has 0 bridgehead atoms. The van der Waals surface area contributed by atoms with E-state index < -0.39 is 12.1 Å². The van der Waals surface area contributed by atoms with E-state index in [2.05, 4.69) is 19.1 Å². The average molecular weight is 350 g/mol. The zero-order valence-corrected chi connectivity index (χ0v) is 15.4. The van der Waals surface area contributed by atoms with Gasteiger partial charge in [0.1, 0.15) is 0 Å². The molecule has 25 heavy (non-hydrogen) atoms. The maximum Gasteiger partial charge on any atom is 0.303 e. The quantitative estimate of drug-likeness (QED) is 0.410. The third-order valence-electron chi connectivity index (χ3n) is 5.80. The summed E-state index contributed by atoms with van der Waals surface area (Å²) in [5, 5.41) is 29.1. The molecule has 0 aromatic carbocycles. The first-order valence-corrected chi connectivity index (χ1v) is 9.95. The van der Waals surface area contributed by atoms with E-state index in [1.165, 1.54) is 5.57 Å². The fourth-order valence-electron chi connectivity index (χ4n) is 4.46. The van der Waals surface area contributed by atoms with Crippen LogP contribution in [0.15, 0.2) is 23.8 Å². The Kier molecular flexibility index (Phi) is 8.17. The zero-order valence-electron chi connectivity index (χ0n) is 15.4. The predicted molar refractivity (Wildman–Crippen MR) is 99.2 cm³/mol. The molecule has 2 aliphatic carbocycles. The summed E-state index contributed by atoms with van der Waals surface area (Å²) in [7, 11) is 0. The van der Waals surface area contributed by atoms with Gasteiger partial charge >= 0.3 is 5.97 Å². The van der Waals surface area contributed by atoms with Crippen molar-refractivity contribution in [2.24, 2.45) is 17.8 Å². The summed E-state index contributed by atoms with van der Waals surface area (Å²) in [6.07, 6.45) is 14.3. The lowest BCUT2D eigenvalue weighted by Crippen LogP contribution is -2.17. The van der Waals surface area contributed by atoms with E-state index in [4.69, 9.17) is 5.11 Å². The highest BCUT2D eigenvalue weighted by Gasteiger charge is 2.44. The summed E-state index contributed by atoms with van der Waals surface area (Å²) in [5.41, 5.74) is 1.43. The van der Waals surface area contributed by atoms with E-state index in [0.717, 1.165) is 51.4 Å². The molecule has 2 aliphatic rings. The minimum absolute atomic E-state index is 0.149. The summed E-state index contributed by atoms with van der Waals surface area (Å²) in [6.45, 7) is 2.16. The third kappa shape index (κ3) is 6.27. The van der Waals surface area contributed by atoms with Crippen LogP contribution in [0.4, 0.5) is 0 Å². The maximum atomic E-state index is 10.6. The Balaban J connectivity index is 1.83. The number of fused-ring (bicyclic) bond motifs is 1. The molecule has 2 fully saturated rings. The summed E-state index contributed by atoms with van der Waals surface area (Å²) < 4.78 is 0. The van der Waals surface area contributed by atoms with Crippen LogP contribution in [-0.2, 0) is 4.79 Å². The number of aliphatic carboxylic acids is 1. The highest BCUT2D eigenvalue weighted by atomic mass is 16.4. The van der Waals surface area contributed by atoms with Gasteiger partial charge in [0.15, 0.2) is 0 Å². The summed E-state index contributed by atoms with van der Waals surface area (Å²) in [6, 6.07) is 0. The van der Waals surface area contributed by atoms with E-state index in [1.807, 2.05) is 6.08 Å². The molecule has 4 nitrogen and oxygen atoms in total. The van der Waals surface area contributed by atoms with E-state index in [-0.39, 0.29) is 18.4 Å². The lowest BCUT2D eigenvalue weighted by Gasteiger charge is -2.17. The van der Waals surface area contributed by atoms with Crippen LogP contribution < -0.4 is 0 Å². The third-order valence-corrected chi connectivity index (χ3v) is 5.80. The Morgan fingerprint density at radius 3 is 2.80 bits per heavy atom. The standard InChI is InChI=1S/C21H34O4/c1-2-3-4-8-17(22)10-11-18-19-13-15(7-5-6-9-21(24)25)12-16(19)14-20(18)23/h7,10-11,16-20,22-23H,2-6,8-9,12-14H2,1H3,(H,24,25)/b11-10+,15-7-/t16-,17-,18-,19-,20+/m0/s1. The Bertz CT molecular complexity index is 482. The Morgan fingerprint density at radius 2 is 2.08 bits per heavy atom. The minimum Gasteiger partial charge on any atom is -0.481 e. The zero-order chi connectivity index (χ0) is 18.2. The molecule has 5 atom stereocenters. The Morgan fingerprint density at radius 1 is 1.28 bits per heavy atom.